The third-order valence-corrected chi connectivity index (χ3v) is 1.54. The second-order valence-corrected chi connectivity index (χ2v) is 2.21. The van der Waals surface area contributed by atoms with E-state index in [-0.39, 0.29) is 0 Å². The first-order valence-electron chi connectivity index (χ1n) is 3.29. The van der Waals surface area contributed by atoms with Crippen LogP contribution in [0.5, 0.6) is 5.88 Å². The summed E-state index contributed by atoms with van der Waals surface area (Å²) in [5.74, 6) is 0.619. The second-order valence-electron chi connectivity index (χ2n) is 2.21. The lowest BCUT2D eigenvalue weighted by atomic mass is 10.3. The zero-order chi connectivity index (χ0) is 7.68. The van der Waals surface area contributed by atoms with Crippen LogP contribution in [0.4, 0.5) is 0 Å². The van der Waals surface area contributed by atoms with Gasteiger partial charge in [-0.2, -0.15) is 0 Å². The van der Waals surface area contributed by atoms with E-state index in [9.17, 15) is 0 Å². The summed E-state index contributed by atoms with van der Waals surface area (Å²) in [7, 11) is 1.60. The lowest BCUT2D eigenvalue weighted by molar-refractivity contribution is 0.398. The number of fused-ring (bicyclic) bond motifs is 1. The molecule has 0 spiro atoms. The number of H-pyrrole nitrogens is 1. The highest BCUT2D eigenvalue weighted by atomic mass is 16.5. The van der Waals surface area contributed by atoms with Gasteiger partial charge in [0, 0.05) is 29.9 Å². The topological polar surface area (TPSA) is 37.9 Å². The monoisotopic (exact) mass is 147 g/mol. The predicted molar refractivity (Wildman–Crippen MR) is 41.5 cm³/mol. The number of hydrogen-bond donors (Lipinski definition) is 1. The fourth-order valence-electron chi connectivity index (χ4n) is 0.974. The molecular formula is C8H7N2O. The van der Waals surface area contributed by atoms with Crippen LogP contribution < -0.4 is 4.74 Å². The van der Waals surface area contributed by atoms with Gasteiger partial charge >= 0.3 is 0 Å². The Kier molecular flexibility index (Phi) is 1.28. The van der Waals surface area contributed by atoms with Gasteiger partial charge < -0.3 is 9.72 Å². The molecule has 2 rings (SSSR count). The van der Waals surface area contributed by atoms with E-state index in [2.05, 4.69) is 16.0 Å². The molecule has 0 amide bonds. The van der Waals surface area contributed by atoms with Gasteiger partial charge in [0.05, 0.1) is 12.6 Å². The summed E-state index contributed by atoms with van der Waals surface area (Å²) in [5, 5.41) is 0.978. The maximum absolute atomic E-state index is 4.95. The van der Waals surface area contributed by atoms with Crippen molar-refractivity contribution in [2.45, 2.75) is 0 Å². The Hall–Kier alpha value is -1.51. The lowest BCUT2D eigenvalue weighted by Gasteiger charge is -1.95. The van der Waals surface area contributed by atoms with Crippen molar-refractivity contribution in [3.63, 3.8) is 0 Å². The van der Waals surface area contributed by atoms with Crippen molar-refractivity contribution in [3.05, 3.63) is 24.5 Å². The number of nitrogens with one attached hydrogen (secondary N) is 1. The number of aromatic amines is 1. The molecule has 0 aliphatic heterocycles. The largest absolute Gasteiger partial charge is 0.481 e. The van der Waals surface area contributed by atoms with Crippen LogP contribution in [0.15, 0.2) is 18.5 Å². The summed E-state index contributed by atoms with van der Waals surface area (Å²) >= 11 is 0. The zero-order valence-corrected chi connectivity index (χ0v) is 6.09. The van der Waals surface area contributed by atoms with E-state index in [1.54, 1.807) is 19.5 Å². The van der Waals surface area contributed by atoms with Crippen LogP contribution in [0.25, 0.3) is 10.9 Å². The molecule has 3 heteroatoms. The van der Waals surface area contributed by atoms with E-state index < -0.39 is 0 Å². The van der Waals surface area contributed by atoms with Crippen LogP contribution in [0.1, 0.15) is 0 Å². The molecule has 3 nitrogen and oxygen atoms in total. The maximum atomic E-state index is 4.95. The zero-order valence-electron chi connectivity index (χ0n) is 6.09. The smallest absolute Gasteiger partial charge is 0.215 e. The molecule has 0 fully saturated rings. The predicted octanol–water partition coefficient (Wildman–Crippen LogP) is 1.37. The van der Waals surface area contributed by atoms with Crippen molar-refractivity contribution in [2.24, 2.45) is 0 Å². The van der Waals surface area contributed by atoms with Crippen LogP contribution in [0.2, 0.25) is 0 Å². The highest BCUT2D eigenvalue weighted by Crippen LogP contribution is 2.14. The minimum absolute atomic E-state index is 0.619. The van der Waals surface area contributed by atoms with E-state index in [0.29, 0.717) is 5.88 Å². The Morgan fingerprint density at radius 2 is 2.55 bits per heavy atom. The van der Waals surface area contributed by atoms with E-state index in [4.69, 9.17) is 4.74 Å². The molecule has 0 atom stereocenters. The molecule has 0 aliphatic rings. The van der Waals surface area contributed by atoms with E-state index in [1.807, 2.05) is 6.07 Å². The third kappa shape index (κ3) is 0.941. The summed E-state index contributed by atoms with van der Waals surface area (Å²) in [6, 6.07) is 4.84. The average Bonchev–Trinajstić information content (AvgIpc) is 2.50. The molecule has 0 bridgehead atoms. The van der Waals surface area contributed by atoms with Gasteiger partial charge in [-0.15, -0.1) is 0 Å². The second kappa shape index (κ2) is 2.27. The Morgan fingerprint density at radius 1 is 1.64 bits per heavy atom. The van der Waals surface area contributed by atoms with Crippen molar-refractivity contribution in [1.82, 2.24) is 9.97 Å². The number of ether oxygens (including phenoxy) is 1. The van der Waals surface area contributed by atoms with Crippen molar-refractivity contribution in [2.75, 3.05) is 7.11 Å². The Bertz CT molecular complexity index is 367. The van der Waals surface area contributed by atoms with E-state index in [0.717, 1.165) is 10.9 Å². The van der Waals surface area contributed by atoms with Crippen molar-refractivity contribution >= 4 is 10.9 Å². The number of pyridine rings is 1. The molecule has 1 radical (unpaired) electrons. The summed E-state index contributed by atoms with van der Waals surface area (Å²) in [6.45, 7) is 0. The molecule has 2 aromatic rings. The highest BCUT2D eigenvalue weighted by molar-refractivity contribution is 5.78. The Morgan fingerprint density at radius 3 is 3.36 bits per heavy atom. The molecular weight excluding hydrogens is 140 g/mol. The minimum atomic E-state index is 0.619. The Balaban J connectivity index is 2.67. The van der Waals surface area contributed by atoms with Crippen LogP contribution in [0, 0.1) is 6.07 Å². The summed E-state index contributed by atoms with van der Waals surface area (Å²) in [6.07, 6.45) is 3.48. The minimum Gasteiger partial charge on any atom is -0.481 e. The van der Waals surface area contributed by atoms with Crippen molar-refractivity contribution in [3.8, 4) is 5.88 Å². The van der Waals surface area contributed by atoms with Gasteiger partial charge in [0.15, 0.2) is 0 Å². The molecule has 11 heavy (non-hydrogen) atoms. The van der Waals surface area contributed by atoms with Gasteiger partial charge in [-0.05, 0) is 0 Å². The van der Waals surface area contributed by atoms with Crippen molar-refractivity contribution in [1.29, 1.82) is 0 Å². The van der Waals surface area contributed by atoms with Gasteiger partial charge in [0.2, 0.25) is 5.88 Å². The van der Waals surface area contributed by atoms with Gasteiger partial charge in [-0.25, -0.2) is 4.98 Å². The lowest BCUT2D eigenvalue weighted by Crippen LogP contribution is -1.85. The fourth-order valence-corrected chi connectivity index (χ4v) is 0.974. The Labute approximate surface area is 64.0 Å². The first-order valence-corrected chi connectivity index (χ1v) is 3.29. The molecule has 0 saturated carbocycles. The quantitative estimate of drug-likeness (QED) is 0.661. The number of rotatable bonds is 1. The van der Waals surface area contributed by atoms with Gasteiger partial charge in [0.1, 0.15) is 0 Å². The van der Waals surface area contributed by atoms with Gasteiger partial charge in [0.25, 0.3) is 0 Å². The molecule has 1 N–H and O–H groups in total. The molecule has 0 unspecified atom stereocenters. The first-order chi connectivity index (χ1) is 5.40. The van der Waals surface area contributed by atoms with E-state index in [1.165, 1.54) is 0 Å². The SMILES string of the molecule is COc1cc2[nH]c[c]c2cn1. The first kappa shape index (κ1) is 6.22. The van der Waals surface area contributed by atoms with E-state index >= 15 is 0 Å². The maximum Gasteiger partial charge on any atom is 0.215 e. The molecule has 2 heterocycles. The number of nitrogens with zero attached hydrogens (tertiary/aromatic N) is 1. The fraction of sp³-hybridized carbons (Fsp3) is 0.125. The normalized spacial score (nSPS) is 10.3. The molecule has 0 aliphatic carbocycles. The molecule has 55 valence electrons. The van der Waals surface area contributed by atoms with Crippen LogP contribution >= 0.6 is 0 Å². The standard InChI is InChI=1S/C8H7N2O/c1-11-8-4-7-6(5-10-8)2-3-9-7/h3-5,9H,1H3. The van der Waals surface area contributed by atoms with Gasteiger partial charge in [-0.1, -0.05) is 0 Å². The molecule has 2 aromatic heterocycles. The summed E-state index contributed by atoms with van der Waals surface area (Å²) < 4.78 is 4.95. The van der Waals surface area contributed by atoms with Crippen LogP contribution in [-0.2, 0) is 0 Å². The molecule has 0 saturated heterocycles. The third-order valence-electron chi connectivity index (χ3n) is 1.54. The molecule has 0 aromatic carbocycles. The highest BCUT2D eigenvalue weighted by Gasteiger charge is 1.96. The summed E-state index contributed by atoms with van der Waals surface area (Å²) in [4.78, 5) is 7.04. The number of aromatic nitrogens is 2. The number of hydrogen-bond acceptors (Lipinski definition) is 2. The van der Waals surface area contributed by atoms with Gasteiger partial charge in [-0.3, -0.25) is 0 Å². The average molecular weight is 147 g/mol. The van der Waals surface area contributed by atoms with Crippen molar-refractivity contribution < 1.29 is 4.74 Å². The van der Waals surface area contributed by atoms with Crippen LogP contribution in [0.3, 0.4) is 0 Å². The summed E-state index contributed by atoms with van der Waals surface area (Å²) in [5.41, 5.74) is 0.997. The number of methoxy groups -OCH3 is 1. The van der Waals surface area contributed by atoms with Crippen LogP contribution in [-0.4, -0.2) is 17.1 Å².